The third kappa shape index (κ3) is 3.14. The molecule has 0 unspecified atom stereocenters. The monoisotopic (exact) mass is 421 g/mol. The van der Waals surface area contributed by atoms with Crippen LogP contribution in [0.15, 0.2) is 72.8 Å². The van der Waals surface area contributed by atoms with E-state index in [1.807, 2.05) is 30.3 Å². The molecule has 0 saturated carbocycles. The maximum absolute atomic E-state index is 6.78. The van der Waals surface area contributed by atoms with E-state index in [4.69, 9.17) is 15.0 Å². The molecule has 3 nitrogen and oxygen atoms in total. The molecule has 160 valence electrons. The molecule has 4 heteroatoms. The van der Waals surface area contributed by atoms with Gasteiger partial charge in [-0.25, -0.2) is 0 Å². The van der Waals surface area contributed by atoms with Gasteiger partial charge in [-0.3, -0.25) is 0 Å². The Morgan fingerprint density at radius 3 is 1.75 bits per heavy atom. The second-order valence-corrected chi connectivity index (χ2v) is 9.57. The Hall–Kier alpha value is -3.08. The predicted molar refractivity (Wildman–Crippen MR) is 135 cm³/mol. The molecule has 0 amide bonds. The zero-order chi connectivity index (χ0) is 22.7. The molecule has 1 aliphatic heterocycles. The van der Waals surface area contributed by atoms with Gasteiger partial charge in [-0.05, 0) is 65.5 Å². The number of nitrogens with two attached hydrogens (primary N) is 1. The first-order chi connectivity index (χ1) is 15.2. The van der Waals surface area contributed by atoms with Crippen LogP contribution < -0.4 is 21.6 Å². The van der Waals surface area contributed by atoms with E-state index in [9.17, 15) is 0 Å². The maximum Gasteiger partial charge on any atom is 0.494 e. The summed E-state index contributed by atoms with van der Waals surface area (Å²) in [5, 5.41) is 6.55. The Morgan fingerprint density at radius 1 is 0.719 bits per heavy atom. The van der Waals surface area contributed by atoms with E-state index < -0.39 is 0 Å². The third-order valence-electron chi connectivity index (χ3n) is 7.06. The summed E-state index contributed by atoms with van der Waals surface area (Å²) in [6, 6.07) is 24.9. The summed E-state index contributed by atoms with van der Waals surface area (Å²) < 4.78 is 12.4. The van der Waals surface area contributed by atoms with E-state index in [0.29, 0.717) is 0 Å². The van der Waals surface area contributed by atoms with Crippen molar-refractivity contribution in [1.82, 2.24) is 0 Å². The molecule has 2 N–H and O–H groups in total. The van der Waals surface area contributed by atoms with Gasteiger partial charge in [0.25, 0.3) is 0 Å². The molecule has 0 aliphatic carbocycles. The first-order valence-corrected chi connectivity index (χ1v) is 11.0. The molecule has 0 spiro atoms. The molecule has 0 atom stereocenters. The van der Waals surface area contributed by atoms with Crippen molar-refractivity contribution < 1.29 is 9.31 Å². The fraction of sp³-hybridized carbons (Fsp3) is 0.214. The molecule has 0 aromatic heterocycles. The summed E-state index contributed by atoms with van der Waals surface area (Å²) in [5.41, 5.74) is 8.70. The van der Waals surface area contributed by atoms with Crippen molar-refractivity contribution in [1.29, 1.82) is 0 Å². The minimum Gasteiger partial charge on any atom is -0.399 e. The summed E-state index contributed by atoms with van der Waals surface area (Å²) in [4.78, 5) is 0. The van der Waals surface area contributed by atoms with E-state index in [-0.39, 0.29) is 18.3 Å². The first-order valence-electron chi connectivity index (χ1n) is 11.0. The lowest BCUT2D eigenvalue weighted by Gasteiger charge is -2.32. The molecule has 0 radical (unpaired) electrons. The number of fused-ring (bicyclic) bond motifs is 3. The van der Waals surface area contributed by atoms with Crippen molar-refractivity contribution in [2.24, 2.45) is 5.73 Å². The Balaban J connectivity index is 1.66. The van der Waals surface area contributed by atoms with Crippen LogP contribution in [-0.2, 0) is 9.31 Å². The van der Waals surface area contributed by atoms with Gasteiger partial charge in [0.15, 0.2) is 0 Å². The van der Waals surface area contributed by atoms with Gasteiger partial charge in [0.2, 0.25) is 0 Å². The summed E-state index contributed by atoms with van der Waals surface area (Å²) in [7, 11) is -0.389. The van der Waals surface area contributed by atoms with Crippen LogP contribution in [-0.4, -0.2) is 18.3 Å². The summed E-state index contributed by atoms with van der Waals surface area (Å²) >= 11 is 0. The minimum atomic E-state index is -0.389. The standard InChI is InChI=1S/C28H28BNO2/c1-18-21-10-6-7-11-22(21)23-12-8-9-13-24(23)25(18)26(30)19-14-16-20(17-15-19)29-31-27(2,3)28(4,5)32-29/h6-17H,1,30H2,2-5H3/b26-25+. The quantitative estimate of drug-likeness (QED) is 0.396. The molecule has 1 aliphatic rings. The van der Waals surface area contributed by atoms with Crippen LogP contribution in [0.4, 0.5) is 0 Å². The molecule has 1 fully saturated rings. The average Bonchev–Trinajstić information content (AvgIpc) is 3.01. The molecule has 4 aromatic rings. The lowest BCUT2D eigenvalue weighted by molar-refractivity contribution is 0.00578. The molecule has 4 aromatic carbocycles. The van der Waals surface area contributed by atoms with Crippen LogP contribution >= 0.6 is 0 Å². The van der Waals surface area contributed by atoms with Crippen LogP contribution in [0, 0.1) is 0 Å². The topological polar surface area (TPSA) is 44.5 Å². The zero-order valence-corrected chi connectivity index (χ0v) is 19.1. The number of hydrogen-bond acceptors (Lipinski definition) is 3. The van der Waals surface area contributed by atoms with Gasteiger partial charge >= 0.3 is 7.12 Å². The van der Waals surface area contributed by atoms with Gasteiger partial charge in [0.05, 0.1) is 11.2 Å². The Kier molecular flexibility index (Phi) is 4.70. The van der Waals surface area contributed by atoms with Gasteiger partial charge in [-0.15, -0.1) is 0 Å². The van der Waals surface area contributed by atoms with Crippen LogP contribution in [0.5, 0.6) is 0 Å². The Morgan fingerprint density at radius 2 is 1.19 bits per heavy atom. The number of hydrogen-bond donors (Lipinski definition) is 1. The van der Waals surface area contributed by atoms with Crippen molar-refractivity contribution in [2.45, 2.75) is 38.9 Å². The zero-order valence-electron chi connectivity index (χ0n) is 19.1. The molecular formula is C28H28BNO2. The van der Waals surface area contributed by atoms with Crippen molar-refractivity contribution in [3.63, 3.8) is 0 Å². The van der Waals surface area contributed by atoms with E-state index in [2.05, 4.69) is 76.7 Å². The minimum absolute atomic E-state index is 0.367. The van der Waals surface area contributed by atoms with Crippen molar-refractivity contribution in [2.75, 3.05) is 0 Å². The highest BCUT2D eigenvalue weighted by atomic mass is 16.7. The smallest absolute Gasteiger partial charge is 0.399 e. The largest absolute Gasteiger partial charge is 0.494 e. The van der Waals surface area contributed by atoms with Gasteiger partial charge in [0, 0.05) is 10.9 Å². The van der Waals surface area contributed by atoms with Gasteiger partial charge in [0.1, 0.15) is 0 Å². The van der Waals surface area contributed by atoms with E-state index in [1.54, 1.807) is 0 Å². The van der Waals surface area contributed by atoms with Crippen molar-refractivity contribution >= 4 is 46.4 Å². The first kappa shape index (κ1) is 20.8. The normalized spacial score (nSPS) is 18.3. The predicted octanol–water partition coefficient (Wildman–Crippen LogP) is 3.82. The maximum atomic E-state index is 6.78. The van der Waals surface area contributed by atoms with Gasteiger partial charge < -0.3 is 15.0 Å². The number of benzene rings is 4. The van der Waals surface area contributed by atoms with Crippen LogP contribution in [0.2, 0.25) is 0 Å². The highest BCUT2D eigenvalue weighted by Crippen LogP contribution is 2.36. The fourth-order valence-corrected chi connectivity index (χ4v) is 4.47. The van der Waals surface area contributed by atoms with Crippen LogP contribution in [0.1, 0.15) is 33.3 Å². The van der Waals surface area contributed by atoms with Crippen molar-refractivity contribution in [3.05, 3.63) is 88.8 Å². The van der Waals surface area contributed by atoms with Gasteiger partial charge in [-0.2, -0.15) is 0 Å². The molecule has 1 saturated heterocycles. The average molecular weight is 421 g/mol. The second kappa shape index (κ2) is 7.23. The Bertz CT molecular complexity index is 1440. The summed E-state index contributed by atoms with van der Waals surface area (Å²) in [6.45, 7) is 12.7. The lowest BCUT2D eigenvalue weighted by Crippen LogP contribution is -2.41. The molecule has 0 bridgehead atoms. The van der Waals surface area contributed by atoms with Crippen LogP contribution in [0.25, 0.3) is 33.8 Å². The van der Waals surface area contributed by atoms with Crippen LogP contribution in [0.3, 0.4) is 0 Å². The van der Waals surface area contributed by atoms with E-state index in [0.717, 1.165) is 37.9 Å². The number of rotatable bonds is 2. The van der Waals surface area contributed by atoms with Gasteiger partial charge in [-0.1, -0.05) is 79.4 Å². The SMILES string of the molecule is C=c1/c(=C(\N)c2ccc(B3OC(C)(C)C(C)(C)O3)cc2)c2ccccc2c2ccccc12. The molecule has 5 rings (SSSR count). The summed E-state index contributed by atoms with van der Waals surface area (Å²) in [6.07, 6.45) is 0. The highest BCUT2D eigenvalue weighted by molar-refractivity contribution is 6.62. The van der Waals surface area contributed by atoms with E-state index in [1.165, 1.54) is 10.8 Å². The van der Waals surface area contributed by atoms with Crippen molar-refractivity contribution in [3.8, 4) is 0 Å². The third-order valence-corrected chi connectivity index (χ3v) is 7.06. The molecular weight excluding hydrogens is 393 g/mol. The lowest BCUT2D eigenvalue weighted by atomic mass is 9.78. The second-order valence-electron chi connectivity index (χ2n) is 9.57. The molecule has 32 heavy (non-hydrogen) atoms. The molecule has 1 heterocycles. The fourth-order valence-electron chi connectivity index (χ4n) is 4.47. The highest BCUT2D eigenvalue weighted by Gasteiger charge is 2.51. The van der Waals surface area contributed by atoms with E-state index >= 15 is 0 Å². The summed E-state index contributed by atoms with van der Waals surface area (Å²) in [5.74, 6) is 0. The Labute approximate surface area is 189 Å².